The highest BCUT2D eigenvalue weighted by Gasteiger charge is 2.43. The molecule has 0 aromatic heterocycles. The van der Waals surface area contributed by atoms with Crippen LogP contribution in [0.15, 0.2) is 48.5 Å². The van der Waals surface area contributed by atoms with E-state index in [2.05, 4.69) is 0 Å². The summed E-state index contributed by atoms with van der Waals surface area (Å²) in [6.45, 7) is 1.37. The predicted molar refractivity (Wildman–Crippen MR) is 106 cm³/mol. The molecule has 1 spiro atoms. The number of piperidine rings is 1. The van der Waals surface area contributed by atoms with Gasteiger partial charge in [0.25, 0.3) is 0 Å². The molecule has 0 unspecified atom stereocenters. The number of ketones is 1. The van der Waals surface area contributed by atoms with Gasteiger partial charge in [-0.25, -0.2) is 0 Å². The fourth-order valence-corrected chi connectivity index (χ4v) is 4.15. The Hall–Kier alpha value is -3.28. The number of rotatable bonds is 2. The second kappa shape index (κ2) is 6.95. The molecule has 3 aliphatic heterocycles. The van der Waals surface area contributed by atoms with Crippen molar-refractivity contribution in [3.05, 3.63) is 59.7 Å². The van der Waals surface area contributed by atoms with Crippen LogP contribution in [0.1, 0.15) is 35.2 Å². The van der Waals surface area contributed by atoms with Crippen molar-refractivity contribution >= 4 is 17.8 Å². The van der Waals surface area contributed by atoms with Crippen LogP contribution < -0.4 is 14.2 Å². The molecule has 0 aliphatic carbocycles. The maximum atomic E-state index is 12.6. The Labute approximate surface area is 168 Å². The summed E-state index contributed by atoms with van der Waals surface area (Å²) < 4.78 is 16.9. The average Bonchev–Trinajstić information content (AvgIpc) is 3.20. The third-order valence-electron chi connectivity index (χ3n) is 5.80. The summed E-state index contributed by atoms with van der Waals surface area (Å²) in [5.74, 6) is 2.15. The van der Waals surface area contributed by atoms with Gasteiger partial charge in [0.15, 0.2) is 17.3 Å². The molecule has 1 saturated heterocycles. The van der Waals surface area contributed by atoms with E-state index in [1.807, 2.05) is 47.4 Å². The number of hydrogen-bond acceptors (Lipinski definition) is 5. The summed E-state index contributed by atoms with van der Waals surface area (Å²) in [6, 6.07) is 13.0. The molecule has 6 nitrogen and oxygen atoms in total. The largest absolute Gasteiger partial charge is 0.486 e. The van der Waals surface area contributed by atoms with Crippen LogP contribution in [-0.4, -0.2) is 42.1 Å². The minimum Gasteiger partial charge on any atom is -0.486 e. The van der Waals surface area contributed by atoms with Crippen LogP contribution in [0.3, 0.4) is 0 Å². The highest BCUT2D eigenvalue weighted by Crippen LogP contribution is 2.39. The number of amides is 1. The Kier molecular flexibility index (Phi) is 4.27. The molecule has 3 heterocycles. The molecule has 1 fully saturated rings. The third kappa shape index (κ3) is 3.35. The summed E-state index contributed by atoms with van der Waals surface area (Å²) >= 11 is 0. The molecule has 3 aliphatic rings. The average molecular weight is 391 g/mol. The number of hydrogen-bond donors (Lipinski definition) is 0. The summed E-state index contributed by atoms with van der Waals surface area (Å²) in [5.41, 5.74) is 1.04. The third-order valence-corrected chi connectivity index (χ3v) is 5.80. The number of nitrogens with zero attached hydrogens (tertiary/aromatic N) is 1. The van der Waals surface area contributed by atoms with E-state index in [9.17, 15) is 9.59 Å². The maximum Gasteiger partial charge on any atom is 0.246 e. The van der Waals surface area contributed by atoms with Crippen molar-refractivity contribution in [3.8, 4) is 17.2 Å². The van der Waals surface area contributed by atoms with Crippen molar-refractivity contribution < 1.29 is 23.8 Å². The molecule has 0 N–H and O–H groups in total. The first-order valence-electron chi connectivity index (χ1n) is 9.80. The van der Waals surface area contributed by atoms with Gasteiger partial charge in [0, 0.05) is 32.0 Å². The van der Waals surface area contributed by atoms with Gasteiger partial charge in [-0.05, 0) is 35.9 Å². The van der Waals surface area contributed by atoms with Gasteiger partial charge in [-0.2, -0.15) is 0 Å². The fourth-order valence-electron chi connectivity index (χ4n) is 4.15. The smallest absolute Gasteiger partial charge is 0.246 e. The number of ether oxygens (including phenoxy) is 3. The molecule has 5 rings (SSSR count). The van der Waals surface area contributed by atoms with E-state index in [1.165, 1.54) is 0 Å². The highest BCUT2D eigenvalue weighted by atomic mass is 16.7. The van der Waals surface area contributed by atoms with E-state index in [0.29, 0.717) is 49.4 Å². The van der Waals surface area contributed by atoms with Crippen molar-refractivity contribution in [1.29, 1.82) is 0 Å². The molecule has 2 aromatic rings. The Balaban J connectivity index is 1.23. The van der Waals surface area contributed by atoms with Crippen LogP contribution in [0.4, 0.5) is 0 Å². The Morgan fingerprint density at radius 2 is 1.79 bits per heavy atom. The first kappa shape index (κ1) is 17.8. The fraction of sp³-hybridized carbons (Fsp3) is 0.304. The zero-order valence-electron chi connectivity index (χ0n) is 15.9. The number of Topliss-reactive ketones (excluding diaryl/α,β-unsaturated/α-hetero) is 1. The van der Waals surface area contributed by atoms with Crippen molar-refractivity contribution in [2.45, 2.75) is 24.9 Å². The van der Waals surface area contributed by atoms with Crippen LogP contribution in [-0.2, 0) is 4.79 Å². The van der Waals surface area contributed by atoms with Gasteiger partial charge in [-0.3, -0.25) is 9.59 Å². The molecule has 2 aromatic carbocycles. The number of benzene rings is 2. The summed E-state index contributed by atoms with van der Waals surface area (Å²) in [5, 5.41) is 0. The first-order valence-corrected chi connectivity index (χ1v) is 9.80. The molecule has 0 bridgehead atoms. The minimum absolute atomic E-state index is 0.0416. The highest BCUT2D eigenvalue weighted by molar-refractivity contribution is 6.00. The zero-order chi connectivity index (χ0) is 19.8. The monoisotopic (exact) mass is 391 g/mol. The number of carbonyl (C=O) groups excluding carboxylic acids is 2. The molecular formula is C23H21NO5. The Morgan fingerprint density at radius 1 is 1.00 bits per heavy atom. The molecular weight excluding hydrogens is 370 g/mol. The van der Waals surface area contributed by atoms with Gasteiger partial charge in [0.1, 0.15) is 11.4 Å². The van der Waals surface area contributed by atoms with Gasteiger partial charge in [-0.15, -0.1) is 0 Å². The van der Waals surface area contributed by atoms with Crippen molar-refractivity contribution in [1.82, 2.24) is 4.90 Å². The topological polar surface area (TPSA) is 65.1 Å². The predicted octanol–water partition coefficient (Wildman–Crippen LogP) is 3.46. The molecule has 0 saturated carbocycles. The van der Waals surface area contributed by atoms with Crippen molar-refractivity contribution in [3.63, 3.8) is 0 Å². The van der Waals surface area contributed by atoms with E-state index in [0.717, 1.165) is 11.3 Å². The lowest BCUT2D eigenvalue weighted by Crippen LogP contribution is -2.52. The van der Waals surface area contributed by atoms with E-state index < -0.39 is 5.60 Å². The minimum atomic E-state index is -0.497. The molecule has 0 atom stereocenters. The van der Waals surface area contributed by atoms with Crippen LogP contribution >= 0.6 is 0 Å². The molecule has 1 amide bonds. The van der Waals surface area contributed by atoms with Gasteiger partial charge in [0.05, 0.1) is 12.0 Å². The van der Waals surface area contributed by atoms with Crippen LogP contribution in [0.2, 0.25) is 0 Å². The van der Waals surface area contributed by atoms with E-state index in [1.54, 1.807) is 12.2 Å². The van der Waals surface area contributed by atoms with Crippen molar-refractivity contribution in [2.24, 2.45) is 0 Å². The van der Waals surface area contributed by atoms with E-state index in [4.69, 9.17) is 14.2 Å². The van der Waals surface area contributed by atoms with Gasteiger partial charge in [0.2, 0.25) is 12.7 Å². The lowest BCUT2D eigenvalue weighted by atomic mass is 9.82. The second-order valence-corrected chi connectivity index (χ2v) is 7.65. The van der Waals surface area contributed by atoms with Gasteiger partial charge >= 0.3 is 0 Å². The van der Waals surface area contributed by atoms with Gasteiger partial charge < -0.3 is 19.1 Å². The molecule has 148 valence electrons. The number of fused-ring (bicyclic) bond motifs is 2. The summed E-state index contributed by atoms with van der Waals surface area (Å²) in [4.78, 5) is 26.9. The number of carbonyl (C=O) groups is 2. The molecule has 6 heteroatoms. The summed E-state index contributed by atoms with van der Waals surface area (Å²) in [6.07, 6.45) is 5.04. The molecule has 29 heavy (non-hydrogen) atoms. The maximum absolute atomic E-state index is 12.6. The zero-order valence-corrected chi connectivity index (χ0v) is 15.9. The lowest BCUT2D eigenvalue weighted by molar-refractivity contribution is -0.129. The van der Waals surface area contributed by atoms with Crippen LogP contribution in [0.25, 0.3) is 6.08 Å². The SMILES string of the molecule is O=C1CC2(CCN(C(=O)/C=C/c3ccc4c(c3)OCO4)CC2)Oc2ccccc21. The number of likely N-dealkylation sites (tertiary alicyclic amines) is 1. The summed E-state index contributed by atoms with van der Waals surface area (Å²) in [7, 11) is 0. The number of para-hydroxylation sites is 1. The molecule has 0 radical (unpaired) electrons. The van der Waals surface area contributed by atoms with Crippen LogP contribution in [0, 0.1) is 0 Å². The lowest BCUT2D eigenvalue weighted by Gasteiger charge is -2.43. The van der Waals surface area contributed by atoms with Crippen LogP contribution in [0.5, 0.6) is 17.2 Å². The van der Waals surface area contributed by atoms with E-state index in [-0.39, 0.29) is 18.5 Å². The Morgan fingerprint density at radius 3 is 2.66 bits per heavy atom. The standard InChI is InChI=1S/C23H21NO5/c25-18-14-23(29-19-4-2-1-3-17(18)19)9-11-24(12-10-23)22(26)8-6-16-5-7-20-21(13-16)28-15-27-20/h1-8,13H,9-12,14-15H2/b8-6+. The van der Waals surface area contributed by atoms with E-state index >= 15 is 0 Å². The normalized spacial score (nSPS) is 19.3. The first-order chi connectivity index (χ1) is 14.1. The Bertz CT molecular complexity index is 1000. The van der Waals surface area contributed by atoms with Crippen molar-refractivity contribution in [2.75, 3.05) is 19.9 Å². The second-order valence-electron chi connectivity index (χ2n) is 7.65. The quantitative estimate of drug-likeness (QED) is 0.734. The van der Waals surface area contributed by atoms with Gasteiger partial charge in [-0.1, -0.05) is 18.2 Å².